The van der Waals surface area contributed by atoms with Crippen molar-refractivity contribution in [1.29, 1.82) is 0 Å². The molecule has 8 unspecified atom stereocenters. The standard InChI is InChI=1S/C54H86N16O13/c1-67-17-19-68(20-18-67)32-11-14-36-37(23-32)62-51(61-36)29-9-12-33(13-10-29)78-22-21-69-26-30(63-65-69)7-5-3-4-6-8-31-27-70(66-64-31)28-40-49(82-52(77-2)41(59)44(73)38(71)15-16-55)47(76)54(80-40)83-50-43(72)34(57)24-35(58)48(50)81-53-42(60)46(75)45(74)39(25-56)79-53/h9-14,23,26-27,34-35,38-50,52-54,71-76H,3-8,15-22,24-25,28,55-60H2,1-2H3,(H,61,62)/t34-,35?,38-,39?,40?,41?,42?,43-,44?,45-,46-,47+,48-,49+,50?,52-,53-,54?/m1/s1. The number of ether oxygens (including phenoxy) is 7. The minimum absolute atomic E-state index is 0.0286. The molecule has 3 aromatic heterocycles. The first-order valence-electron chi connectivity index (χ1n) is 28.8. The van der Waals surface area contributed by atoms with Gasteiger partial charge < -0.3 is 113 Å². The minimum atomic E-state index is -1.61. The van der Waals surface area contributed by atoms with Crippen LogP contribution in [0.25, 0.3) is 22.4 Å². The van der Waals surface area contributed by atoms with Crippen molar-refractivity contribution in [2.45, 2.75) is 175 Å². The summed E-state index contributed by atoms with van der Waals surface area (Å²) in [6.07, 6.45) is -10.0. The number of aromatic nitrogens is 8. The van der Waals surface area contributed by atoms with Gasteiger partial charge in [0.25, 0.3) is 0 Å². The summed E-state index contributed by atoms with van der Waals surface area (Å²) < 4.78 is 45.9. The maximum absolute atomic E-state index is 11.9. The summed E-state index contributed by atoms with van der Waals surface area (Å²) in [5, 5.41) is 83.3. The number of benzene rings is 2. The Hall–Kier alpha value is -4.97. The zero-order valence-corrected chi connectivity index (χ0v) is 47.1. The molecule has 83 heavy (non-hydrogen) atoms. The van der Waals surface area contributed by atoms with Crippen molar-refractivity contribution < 1.29 is 63.8 Å². The third-order valence-corrected chi connectivity index (χ3v) is 16.2. The zero-order chi connectivity index (χ0) is 58.9. The van der Waals surface area contributed by atoms with Crippen molar-refractivity contribution in [3.63, 3.8) is 0 Å². The van der Waals surface area contributed by atoms with Crippen LogP contribution >= 0.6 is 0 Å². The van der Waals surface area contributed by atoms with Gasteiger partial charge in [-0.2, -0.15) is 0 Å². The number of hydrogen-bond acceptors (Lipinski definition) is 26. The van der Waals surface area contributed by atoms with Crippen molar-refractivity contribution >= 4 is 16.7 Å². The van der Waals surface area contributed by atoms with Gasteiger partial charge in [0.2, 0.25) is 0 Å². The highest BCUT2D eigenvalue weighted by Crippen LogP contribution is 2.35. The van der Waals surface area contributed by atoms with Gasteiger partial charge >= 0.3 is 0 Å². The van der Waals surface area contributed by atoms with E-state index in [1.165, 1.54) is 17.5 Å². The lowest BCUT2D eigenvalue weighted by Crippen LogP contribution is -2.68. The Morgan fingerprint density at radius 3 is 2.12 bits per heavy atom. The number of aliphatic hydroxyl groups excluding tert-OH is 6. The predicted octanol–water partition coefficient (Wildman–Crippen LogP) is -3.65. The monoisotopic (exact) mass is 1170 g/mol. The Balaban J connectivity index is 0.742. The van der Waals surface area contributed by atoms with Crippen LogP contribution < -0.4 is 44.0 Å². The Bertz CT molecular complexity index is 2750. The molecule has 29 nitrogen and oxygen atoms in total. The molecule has 460 valence electrons. The smallest absolute Gasteiger partial charge is 0.187 e. The summed E-state index contributed by atoms with van der Waals surface area (Å²) in [4.78, 5) is 13.1. The summed E-state index contributed by atoms with van der Waals surface area (Å²) in [5.41, 5.74) is 42.6. The molecule has 3 saturated heterocycles. The number of aliphatic hydroxyl groups is 6. The fraction of sp³-hybridized carbons (Fsp3) is 0.685. The number of imidazole rings is 1. The first-order chi connectivity index (χ1) is 40.0. The van der Waals surface area contributed by atoms with Gasteiger partial charge in [-0.25, -0.2) is 14.3 Å². The molecular formula is C54H86N16O13. The number of piperazine rings is 1. The topological polar surface area (TPSA) is 439 Å². The minimum Gasteiger partial charge on any atom is -0.492 e. The second kappa shape index (κ2) is 28.9. The van der Waals surface area contributed by atoms with Crippen LogP contribution in [0.5, 0.6) is 5.75 Å². The van der Waals surface area contributed by atoms with E-state index in [-0.39, 0.29) is 32.5 Å². The number of H-pyrrole nitrogens is 1. The largest absolute Gasteiger partial charge is 0.492 e. The molecule has 4 fully saturated rings. The van der Waals surface area contributed by atoms with Gasteiger partial charge in [-0.15, -0.1) is 10.2 Å². The van der Waals surface area contributed by atoms with Crippen molar-refractivity contribution in [3.8, 4) is 17.1 Å². The van der Waals surface area contributed by atoms with Crippen molar-refractivity contribution in [2.24, 2.45) is 34.4 Å². The van der Waals surface area contributed by atoms with Gasteiger partial charge in [0, 0.05) is 75.6 Å². The lowest BCUT2D eigenvalue weighted by atomic mass is 9.84. The fourth-order valence-electron chi connectivity index (χ4n) is 11.2. The van der Waals surface area contributed by atoms with Crippen molar-refractivity contribution in [3.05, 3.63) is 66.2 Å². The molecule has 29 heteroatoms. The molecule has 0 spiro atoms. The SMILES string of the molecule is CO[C@H](O[C@H]1C(Cn2cc(CCCCCCc3cn(CCOc4ccc(-c5nc6ccc(N7CCN(C)CC7)cc6[nH]5)cc4)nn3)nn2)OC(OC2[C@H](O[C@H]3OC(CN)[C@@H](O)[C@H](O)C3N)C(N)C[C@@H](N)[C@H]2O)[C@H]1O)C(N)C(O)[C@H](O)CCN. The number of anilines is 1. The Kier molecular flexibility index (Phi) is 21.8. The average Bonchev–Trinajstić information content (AvgIpc) is 3.71. The Morgan fingerprint density at radius 2 is 1.43 bits per heavy atom. The summed E-state index contributed by atoms with van der Waals surface area (Å²) in [6.45, 7) is 4.97. The molecule has 19 N–H and O–H groups in total. The number of rotatable bonds is 28. The van der Waals surface area contributed by atoms with Gasteiger partial charge in [-0.1, -0.05) is 23.3 Å². The van der Waals surface area contributed by atoms with Crippen LogP contribution in [0, 0.1) is 0 Å². The van der Waals surface area contributed by atoms with Crippen LogP contribution in [0.15, 0.2) is 54.9 Å². The van der Waals surface area contributed by atoms with Crippen LogP contribution in [0.2, 0.25) is 0 Å². The van der Waals surface area contributed by atoms with E-state index in [1.807, 2.05) is 30.5 Å². The molecule has 6 heterocycles. The molecule has 2 aromatic carbocycles. The molecule has 18 atom stereocenters. The predicted molar refractivity (Wildman–Crippen MR) is 301 cm³/mol. The van der Waals surface area contributed by atoms with E-state index in [0.29, 0.717) is 19.6 Å². The van der Waals surface area contributed by atoms with E-state index < -0.39 is 110 Å². The maximum Gasteiger partial charge on any atom is 0.187 e. The molecular weight excluding hydrogens is 1080 g/mol. The number of nitrogens with one attached hydrogen (secondary N) is 1. The number of likely N-dealkylation sites (N-methyl/N-ethyl adjacent to an activating group) is 1. The van der Waals surface area contributed by atoms with Crippen LogP contribution in [0.3, 0.4) is 0 Å². The molecule has 5 aromatic rings. The highest BCUT2D eigenvalue weighted by molar-refractivity contribution is 5.83. The number of aromatic amines is 1. The van der Waals surface area contributed by atoms with E-state index in [9.17, 15) is 30.6 Å². The molecule has 3 aliphatic heterocycles. The van der Waals surface area contributed by atoms with Crippen LogP contribution in [0.1, 0.15) is 49.9 Å². The summed E-state index contributed by atoms with van der Waals surface area (Å²) in [6, 6.07) is 9.99. The fourth-order valence-corrected chi connectivity index (χ4v) is 11.2. The lowest BCUT2D eigenvalue weighted by molar-refractivity contribution is -0.306. The number of nitrogens with two attached hydrogens (primary N) is 6. The number of nitrogens with zero attached hydrogens (tertiary/aromatic N) is 9. The maximum atomic E-state index is 11.9. The van der Waals surface area contributed by atoms with Gasteiger partial charge in [0.1, 0.15) is 67.0 Å². The molecule has 0 radical (unpaired) electrons. The number of methoxy groups -OCH3 is 1. The number of fused-ring (bicyclic) bond motifs is 1. The molecule has 9 rings (SSSR count). The number of hydrogen-bond donors (Lipinski definition) is 13. The average molecular weight is 1170 g/mol. The molecule has 1 aliphatic carbocycles. The molecule has 0 bridgehead atoms. The van der Waals surface area contributed by atoms with Gasteiger partial charge in [-0.3, -0.25) is 0 Å². The molecule has 4 aliphatic rings. The number of unbranched alkanes of at least 4 members (excludes halogenated alkanes) is 3. The van der Waals surface area contributed by atoms with Crippen LogP contribution in [-0.2, 0) is 54.4 Å². The summed E-state index contributed by atoms with van der Waals surface area (Å²) in [5.74, 6) is 1.57. The first-order valence-corrected chi connectivity index (χ1v) is 28.8. The van der Waals surface area contributed by atoms with Crippen molar-refractivity contribution in [1.82, 2.24) is 44.9 Å². The van der Waals surface area contributed by atoms with Gasteiger partial charge in [0.15, 0.2) is 18.9 Å². The quantitative estimate of drug-likeness (QED) is 0.0170. The van der Waals surface area contributed by atoms with Crippen LogP contribution in [-0.4, -0.2) is 246 Å². The molecule has 0 amide bonds. The Labute approximate surface area is 481 Å². The normalized spacial score (nSPS) is 30.5. The second-order valence-electron chi connectivity index (χ2n) is 22.3. The molecule has 1 saturated carbocycles. The third kappa shape index (κ3) is 15.4. The van der Waals surface area contributed by atoms with E-state index >= 15 is 0 Å². The summed E-state index contributed by atoms with van der Waals surface area (Å²) >= 11 is 0. The number of aryl methyl sites for hydroxylation is 2. The highest BCUT2D eigenvalue weighted by Gasteiger charge is 2.54. The zero-order valence-electron chi connectivity index (χ0n) is 47.1. The van der Waals surface area contributed by atoms with Crippen molar-refractivity contribution in [2.75, 3.05) is 64.9 Å². The van der Waals surface area contributed by atoms with E-state index in [1.54, 1.807) is 10.9 Å². The third-order valence-electron chi connectivity index (χ3n) is 16.2. The second-order valence-corrected chi connectivity index (χ2v) is 22.3. The van der Waals surface area contributed by atoms with E-state index in [0.717, 1.165) is 97.8 Å². The summed E-state index contributed by atoms with van der Waals surface area (Å²) in [7, 11) is 3.44. The first kappa shape index (κ1) is 62.6. The highest BCUT2D eigenvalue weighted by atomic mass is 16.8. The van der Waals surface area contributed by atoms with Gasteiger partial charge in [0.05, 0.1) is 65.9 Å². The van der Waals surface area contributed by atoms with E-state index in [2.05, 4.69) is 60.7 Å². The van der Waals surface area contributed by atoms with Crippen LogP contribution in [0.4, 0.5) is 5.69 Å². The van der Waals surface area contributed by atoms with Gasteiger partial charge in [-0.05, 0) is 94.6 Å². The lowest BCUT2D eigenvalue weighted by Gasteiger charge is -2.47. The van der Waals surface area contributed by atoms with E-state index in [4.69, 9.17) is 72.5 Å². The Morgan fingerprint density at radius 1 is 0.759 bits per heavy atom.